The lowest BCUT2D eigenvalue weighted by Gasteiger charge is -2.00. The van der Waals surface area contributed by atoms with Gasteiger partial charge in [-0.1, -0.05) is 18.2 Å². The number of hydrogen-bond acceptors (Lipinski definition) is 2. The van der Waals surface area contributed by atoms with Crippen molar-refractivity contribution in [3.63, 3.8) is 0 Å². The van der Waals surface area contributed by atoms with Crippen molar-refractivity contribution in [3.05, 3.63) is 34.7 Å². The molecule has 2 aromatic rings. The van der Waals surface area contributed by atoms with Crippen LogP contribution in [-0.4, -0.2) is 6.61 Å². The Labute approximate surface area is 88.3 Å². The third-order valence-electron chi connectivity index (χ3n) is 2.34. The van der Waals surface area contributed by atoms with Crippen molar-refractivity contribution in [1.82, 2.24) is 0 Å². The standard InChI is InChI=1S/C12H14OS/c1-3-13-7-10-8-14-12-9(2)5-4-6-11(10)12/h4-6,8H,3,7H2,1-2H3. The quantitative estimate of drug-likeness (QED) is 0.743. The number of thiophene rings is 1. The summed E-state index contributed by atoms with van der Waals surface area (Å²) < 4.78 is 6.82. The number of aryl methyl sites for hydroxylation is 1. The predicted molar refractivity (Wildman–Crippen MR) is 61.9 cm³/mol. The molecule has 0 saturated carbocycles. The topological polar surface area (TPSA) is 9.23 Å². The molecule has 0 saturated heterocycles. The zero-order chi connectivity index (χ0) is 9.97. The molecule has 0 aliphatic heterocycles. The Morgan fingerprint density at radius 1 is 1.36 bits per heavy atom. The van der Waals surface area contributed by atoms with E-state index in [1.165, 1.54) is 21.2 Å². The van der Waals surface area contributed by atoms with Crippen LogP contribution in [-0.2, 0) is 11.3 Å². The van der Waals surface area contributed by atoms with Crippen molar-refractivity contribution in [1.29, 1.82) is 0 Å². The molecule has 0 N–H and O–H groups in total. The van der Waals surface area contributed by atoms with Gasteiger partial charge in [-0.3, -0.25) is 0 Å². The van der Waals surface area contributed by atoms with Crippen LogP contribution in [0.15, 0.2) is 23.6 Å². The van der Waals surface area contributed by atoms with Gasteiger partial charge in [0, 0.05) is 11.3 Å². The van der Waals surface area contributed by atoms with Crippen LogP contribution >= 0.6 is 11.3 Å². The number of benzene rings is 1. The van der Waals surface area contributed by atoms with Gasteiger partial charge in [0.2, 0.25) is 0 Å². The average Bonchev–Trinajstić information content (AvgIpc) is 2.60. The molecule has 1 nitrogen and oxygen atoms in total. The molecule has 2 rings (SSSR count). The molecule has 0 radical (unpaired) electrons. The van der Waals surface area contributed by atoms with E-state index in [4.69, 9.17) is 4.74 Å². The van der Waals surface area contributed by atoms with E-state index in [0.29, 0.717) is 0 Å². The van der Waals surface area contributed by atoms with Gasteiger partial charge in [-0.15, -0.1) is 11.3 Å². The molecule has 0 amide bonds. The first-order valence-electron chi connectivity index (χ1n) is 4.86. The predicted octanol–water partition coefficient (Wildman–Crippen LogP) is 3.75. The Bertz CT molecular complexity index is 431. The first-order chi connectivity index (χ1) is 6.83. The summed E-state index contributed by atoms with van der Waals surface area (Å²) in [7, 11) is 0. The zero-order valence-electron chi connectivity index (χ0n) is 8.54. The Morgan fingerprint density at radius 3 is 3.00 bits per heavy atom. The van der Waals surface area contributed by atoms with Crippen molar-refractivity contribution in [2.24, 2.45) is 0 Å². The monoisotopic (exact) mass is 206 g/mol. The van der Waals surface area contributed by atoms with Crippen LogP contribution in [0.1, 0.15) is 18.1 Å². The molecule has 0 aliphatic rings. The summed E-state index contributed by atoms with van der Waals surface area (Å²) in [5.41, 5.74) is 2.67. The van der Waals surface area contributed by atoms with Crippen LogP contribution in [0, 0.1) is 6.92 Å². The highest BCUT2D eigenvalue weighted by Crippen LogP contribution is 2.28. The minimum atomic E-state index is 0.736. The third-order valence-corrected chi connectivity index (χ3v) is 3.52. The average molecular weight is 206 g/mol. The van der Waals surface area contributed by atoms with E-state index in [2.05, 4.69) is 30.5 Å². The summed E-state index contributed by atoms with van der Waals surface area (Å²) in [5, 5.41) is 3.55. The highest BCUT2D eigenvalue weighted by molar-refractivity contribution is 7.17. The molecule has 0 bridgehead atoms. The van der Waals surface area contributed by atoms with Crippen LogP contribution < -0.4 is 0 Å². The molecular weight excluding hydrogens is 192 g/mol. The fourth-order valence-electron chi connectivity index (χ4n) is 1.58. The van der Waals surface area contributed by atoms with Gasteiger partial charge in [0.15, 0.2) is 0 Å². The fourth-order valence-corrected chi connectivity index (χ4v) is 2.61. The van der Waals surface area contributed by atoms with Gasteiger partial charge >= 0.3 is 0 Å². The van der Waals surface area contributed by atoms with Gasteiger partial charge in [-0.05, 0) is 35.7 Å². The maximum absolute atomic E-state index is 5.43. The Hall–Kier alpha value is -0.860. The lowest BCUT2D eigenvalue weighted by atomic mass is 10.1. The van der Waals surface area contributed by atoms with Gasteiger partial charge in [0.1, 0.15) is 0 Å². The second kappa shape index (κ2) is 4.11. The van der Waals surface area contributed by atoms with Crippen molar-refractivity contribution < 1.29 is 4.74 Å². The number of ether oxygens (including phenoxy) is 1. The van der Waals surface area contributed by atoms with Crippen molar-refractivity contribution in [2.45, 2.75) is 20.5 Å². The molecule has 74 valence electrons. The SMILES string of the molecule is CCOCc1csc2c(C)cccc12. The van der Waals surface area contributed by atoms with Crippen molar-refractivity contribution in [2.75, 3.05) is 6.61 Å². The molecule has 2 heteroatoms. The van der Waals surface area contributed by atoms with Crippen LogP contribution in [0.5, 0.6) is 0 Å². The van der Waals surface area contributed by atoms with E-state index >= 15 is 0 Å². The number of hydrogen-bond donors (Lipinski definition) is 0. The summed E-state index contributed by atoms with van der Waals surface area (Å²) in [5.74, 6) is 0. The van der Waals surface area contributed by atoms with Crippen molar-refractivity contribution in [3.8, 4) is 0 Å². The lowest BCUT2D eigenvalue weighted by Crippen LogP contribution is -1.89. The minimum Gasteiger partial charge on any atom is -0.377 e. The second-order valence-corrected chi connectivity index (χ2v) is 4.23. The third kappa shape index (κ3) is 1.68. The van der Waals surface area contributed by atoms with Crippen LogP contribution in [0.25, 0.3) is 10.1 Å². The molecule has 0 fully saturated rings. The first-order valence-corrected chi connectivity index (χ1v) is 5.74. The second-order valence-electron chi connectivity index (χ2n) is 3.35. The first kappa shape index (κ1) is 9.69. The molecule has 0 unspecified atom stereocenters. The molecule has 0 spiro atoms. The summed E-state index contributed by atoms with van der Waals surface area (Å²) in [6.07, 6.45) is 0. The van der Waals surface area contributed by atoms with Gasteiger partial charge < -0.3 is 4.74 Å². The number of rotatable bonds is 3. The maximum atomic E-state index is 5.43. The molecule has 1 aromatic heterocycles. The van der Waals surface area contributed by atoms with Crippen LogP contribution in [0.3, 0.4) is 0 Å². The van der Waals surface area contributed by atoms with Gasteiger partial charge in [-0.25, -0.2) is 0 Å². The number of fused-ring (bicyclic) bond motifs is 1. The normalized spacial score (nSPS) is 11.0. The Kier molecular flexibility index (Phi) is 2.85. The largest absolute Gasteiger partial charge is 0.377 e. The smallest absolute Gasteiger partial charge is 0.0730 e. The van der Waals surface area contributed by atoms with Gasteiger partial charge in [0.25, 0.3) is 0 Å². The minimum absolute atomic E-state index is 0.736. The Balaban J connectivity index is 2.42. The van der Waals surface area contributed by atoms with E-state index in [0.717, 1.165) is 13.2 Å². The molecule has 1 aromatic carbocycles. The summed E-state index contributed by atoms with van der Waals surface area (Å²) in [6, 6.07) is 6.44. The molecule has 1 heterocycles. The summed E-state index contributed by atoms with van der Waals surface area (Å²) in [6.45, 7) is 5.70. The van der Waals surface area contributed by atoms with Gasteiger partial charge in [-0.2, -0.15) is 0 Å². The Morgan fingerprint density at radius 2 is 2.21 bits per heavy atom. The maximum Gasteiger partial charge on any atom is 0.0730 e. The highest BCUT2D eigenvalue weighted by Gasteiger charge is 2.04. The highest BCUT2D eigenvalue weighted by atomic mass is 32.1. The summed E-state index contributed by atoms with van der Waals surface area (Å²) in [4.78, 5) is 0. The van der Waals surface area contributed by atoms with Crippen LogP contribution in [0.2, 0.25) is 0 Å². The van der Waals surface area contributed by atoms with E-state index in [-0.39, 0.29) is 0 Å². The van der Waals surface area contributed by atoms with E-state index in [9.17, 15) is 0 Å². The lowest BCUT2D eigenvalue weighted by molar-refractivity contribution is 0.135. The van der Waals surface area contributed by atoms with E-state index in [1.807, 2.05) is 18.3 Å². The molecule has 0 atom stereocenters. The molecule has 0 aliphatic carbocycles. The van der Waals surface area contributed by atoms with Gasteiger partial charge in [0.05, 0.1) is 6.61 Å². The summed E-state index contributed by atoms with van der Waals surface area (Å²) >= 11 is 1.81. The fraction of sp³-hybridized carbons (Fsp3) is 0.333. The molecule has 14 heavy (non-hydrogen) atoms. The van der Waals surface area contributed by atoms with E-state index in [1.54, 1.807) is 0 Å². The molecular formula is C12H14OS. The van der Waals surface area contributed by atoms with Crippen molar-refractivity contribution >= 4 is 21.4 Å². The zero-order valence-corrected chi connectivity index (χ0v) is 9.36. The van der Waals surface area contributed by atoms with E-state index < -0.39 is 0 Å². The van der Waals surface area contributed by atoms with Crippen LogP contribution in [0.4, 0.5) is 0 Å².